The van der Waals surface area contributed by atoms with Gasteiger partial charge >= 0.3 is 0 Å². The molecule has 2 aromatic rings. The van der Waals surface area contributed by atoms with Crippen LogP contribution in [0, 0.1) is 5.92 Å². The van der Waals surface area contributed by atoms with Gasteiger partial charge in [0.25, 0.3) is 0 Å². The quantitative estimate of drug-likeness (QED) is 0.814. The van der Waals surface area contributed by atoms with Gasteiger partial charge in [-0.3, -0.25) is 4.79 Å². The van der Waals surface area contributed by atoms with Gasteiger partial charge < -0.3 is 14.4 Å². The highest BCUT2D eigenvalue weighted by Crippen LogP contribution is 2.37. The average molecular weight is 378 g/mol. The number of ketones is 1. The Morgan fingerprint density at radius 2 is 1.71 bits per heavy atom. The molecule has 2 aromatic carbocycles. The van der Waals surface area contributed by atoms with E-state index in [-0.39, 0.29) is 5.78 Å². The number of benzene rings is 2. The van der Waals surface area contributed by atoms with Crippen LogP contribution in [0.5, 0.6) is 11.5 Å². The van der Waals surface area contributed by atoms with Gasteiger partial charge in [-0.25, -0.2) is 0 Å². The summed E-state index contributed by atoms with van der Waals surface area (Å²) in [6, 6.07) is 14.5. The summed E-state index contributed by atoms with van der Waals surface area (Å²) in [5.41, 5.74) is 4.14. The number of quaternary nitrogens is 1. The SMILES string of the molecule is COc1cc2c(cc1OC)C(=O)/C(=C\C1CC[NH+](Cc3ccccc3)CC1)C2. The minimum atomic E-state index is 0.148. The molecule has 1 heterocycles. The number of piperidine rings is 1. The first kappa shape index (κ1) is 18.8. The number of likely N-dealkylation sites (tertiary alicyclic amines) is 1. The average Bonchev–Trinajstić information content (AvgIpc) is 3.03. The molecule has 28 heavy (non-hydrogen) atoms. The Morgan fingerprint density at radius 1 is 1.04 bits per heavy atom. The molecule has 2 aliphatic rings. The number of Topliss-reactive ketones (excluding diaryl/α,β-unsaturated/α-hetero) is 1. The molecule has 1 aliphatic carbocycles. The molecule has 0 spiro atoms. The molecular weight excluding hydrogens is 350 g/mol. The summed E-state index contributed by atoms with van der Waals surface area (Å²) >= 11 is 0. The summed E-state index contributed by atoms with van der Waals surface area (Å²) in [7, 11) is 3.23. The summed E-state index contributed by atoms with van der Waals surface area (Å²) < 4.78 is 10.7. The summed E-state index contributed by atoms with van der Waals surface area (Å²) in [4.78, 5) is 14.5. The summed E-state index contributed by atoms with van der Waals surface area (Å²) in [5.74, 6) is 1.95. The van der Waals surface area contributed by atoms with Crippen LogP contribution in [0.3, 0.4) is 0 Å². The number of fused-ring (bicyclic) bond motifs is 1. The molecule has 4 rings (SSSR count). The van der Waals surface area contributed by atoms with Crippen molar-refractivity contribution in [2.24, 2.45) is 5.92 Å². The predicted octanol–water partition coefficient (Wildman–Crippen LogP) is 2.86. The van der Waals surface area contributed by atoms with Crippen molar-refractivity contribution in [1.82, 2.24) is 0 Å². The van der Waals surface area contributed by atoms with Crippen LogP contribution in [0.4, 0.5) is 0 Å². The lowest BCUT2D eigenvalue weighted by molar-refractivity contribution is -0.919. The van der Waals surface area contributed by atoms with E-state index in [1.165, 1.54) is 5.56 Å². The van der Waals surface area contributed by atoms with Crippen molar-refractivity contribution in [3.8, 4) is 11.5 Å². The summed E-state index contributed by atoms with van der Waals surface area (Å²) in [5, 5.41) is 0. The van der Waals surface area contributed by atoms with Crippen LogP contribution in [0.2, 0.25) is 0 Å². The maximum atomic E-state index is 12.9. The molecule has 0 radical (unpaired) electrons. The van der Waals surface area contributed by atoms with Gasteiger partial charge in [0.2, 0.25) is 0 Å². The predicted molar refractivity (Wildman–Crippen MR) is 109 cm³/mol. The molecule has 0 bridgehead atoms. The second-order valence-corrected chi connectivity index (χ2v) is 7.81. The van der Waals surface area contributed by atoms with E-state index < -0.39 is 0 Å². The van der Waals surface area contributed by atoms with Crippen LogP contribution in [0.15, 0.2) is 54.1 Å². The van der Waals surface area contributed by atoms with Gasteiger partial charge in [0, 0.05) is 36.0 Å². The van der Waals surface area contributed by atoms with Crippen LogP contribution < -0.4 is 14.4 Å². The van der Waals surface area contributed by atoms with Crippen molar-refractivity contribution in [1.29, 1.82) is 0 Å². The number of hydrogen-bond acceptors (Lipinski definition) is 3. The highest BCUT2D eigenvalue weighted by atomic mass is 16.5. The van der Waals surface area contributed by atoms with Crippen LogP contribution in [-0.2, 0) is 13.0 Å². The first-order chi connectivity index (χ1) is 13.7. The van der Waals surface area contributed by atoms with Crippen molar-refractivity contribution in [2.75, 3.05) is 27.3 Å². The number of methoxy groups -OCH3 is 2. The van der Waals surface area contributed by atoms with E-state index in [9.17, 15) is 4.79 Å². The topological polar surface area (TPSA) is 40.0 Å². The number of rotatable bonds is 5. The van der Waals surface area contributed by atoms with Gasteiger partial charge in [0.05, 0.1) is 27.3 Å². The van der Waals surface area contributed by atoms with E-state index in [0.717, 1.165) is 49.2 Å². The van der Waals surface area contributed by atoms with E-state index in [1.54, 1.807) is 19.1 Å². The van der Waals surface area contributed by atoms with Gasteiger partial charge in [-0.15, -0.1) is 0 Å². The summed E-state index contributed by atoms with van der Waals surface area (Å²) in [6.07, 6.45) is 5.22. The zero-order chi connectivity index (χ0) is 19.5. The van der Waals surface area contributed by atoms with Crippen LogP contribution in [0.25, 0.3) is 0 Å². The van der Waals surface area contributed by atoms with Crippen molar-refractivity contribution in [3.63, 3.8) is 0 Å². The van der Waals surface area contributed by atoms with Crippen molar-refractivity contribution in [3.05, 3.63) is 70.8 Å². The summed E-state index contributed by atoms with van der Waals surface area (Å²) in [6.45, 7) is 3.41. The molecule has 0 unspecified atom stereocenters. The molecule has 0 atom stereocenters. The smallest absolute Gasteiger partial charge is 0.189 e. The Hall–Kier alpha value is -2.59. The molecule has 4 heteroatoms. The minimum absolute atomic E-state index is 0.148. The maximum absolute atomic E-state index is 12.9. The number of carbonyl (C=O) groups is 1. The van der Waals surface area contributed by atoms with Gasteiger partial charge in [-0.2, -0.15) is 0 Å². The van der Waals surface area contributed by atoms with E-state index >= 15 is 0 Å². The molecule has 0 amide bonds. The van der Waals surface area contributed by atoms with Gasteiger partial charge in [0.15, 0.2) is 17.3 Å². The fourth-order valence-electron chi connectivity index (χ4n) is 4.43. The first-order valence-corrected chi connectivity index (χ1v) is 10.1. The molecule has 0 saturated carbocycles. The molecule has 0 aromatic heterocycles. The minimum Gasteiger partial charge on any atom is -0.493 e. The van der Waals surface area contributed by atoms with Crippen molar-refractivity contribution >= 4 is 5.78 Å². The number of ether oxygens (including phenoxy) is 2. The van der Waals surface area contributed by atoms with E-state index in [1.807, 2.05) is 12.1 Å². The number of hydrogen-bond donors (Lipinski definition) is 1. The van der Waals surface area contributed by atoms with Crippen molar-refractivity contribution in [2.45, 2.75) is 25.8 Å². The third kappa shape index (κ3) is 3.83. The fourth-order valence-corrected chi connectivity index (χ4v) is 4.43. The van der Waals surface area contributed by atoms with Gasteiger partial charge in [-0.05, 0) is 23.6 Å². The lowest BCUT2D eigenvalue weighted by atomic mass is 9.93. The molecule has 146 valence electrons. The molecule has 1 N–H and O–H groups in total. The van der Waals surface area contributed by atoms with Crippen LogP contribution in [-0.4, -0.2) is 33.1 Å². The highest BCUT2D eigenvalue weighted by Gasteiger charge is 2.29. The van der Waals surface area contributed by atoms with Crippen LogP contribution in [0.1, 0.15) is 34.3 Å². The third-order valence-electron chi connectivity index (χ3n) is 6.00. The number of nitrogens with one attached hydrogen (secondary N) is 1. The Balaban J connectivity index is 1.41. The van der Waals surface area contributed by atoms with E-state index in [4.69, 9.17) is 9.47 Å². The number of allylic oxidation sites excluding steroid dienone is 2. The largest absolute Gasteiger partial charge is 0.493 e. The number of carbonyl (C=O) groups excluding carboxylic acids is 1. The Morgan fingerprint density at radius 3 is 2.39 bits per heavy atom. The molecule has 1 saturated heterocycles. The van der Waals surface area contributed by atoms with Gasteiger partial charge in [-0.1, -0.05) is 36.4 Å². The fraction of sp³-hybridized carbons (Fsp3) is 0.375. The zero-order valence-corrected chi connectivity index (χ0v) is 16.7. The molecular formula is C24H28NO3+. The zero-order valence-electron chi connectivity index (χ0n) is 16.7. The van der Waals surface area contributed by atoms with Gasteiger partial charge in [0.1, 0.15) is 6.54 Å². The lowest BCUT2D eigenvalue weighted by Gasteiger charge is -2.28. The Kier molecular flexibility index (Phi) is 5.49. The third-order valence-corrected chi connectivity index (χ3v) is 6.00. The lowest BCUT2D eigenvalue weighted by Crippen LogP contribution is -3.11. The standard InChI is InChI=1S/C24H27NO3/c1-27-22-14-19-13-20(24(26)21(19)15-23(22)28-2)12-17-8-10-25(11-9-17)16-18-6-4-3-5-7-18/h3-7,12,14-15,17H,8-11,13,16H2,1-2H3/p+1/b20-12-. The van der Waals surface area contributed by atoms with Crippen LogP contribution >= 0.6 is 0 Å². The molecule has 1 fully saturated rings. The monoisotopic (exact) mass is 378 g/mol. The Bertz CT molecular complexity index is 880. The second kappa shape index (κ2) is 8.19. The van der Waals surface area contributed by atoms with Crippen molar-refractivity contribution < 1.29 is 19.2 Å². The van der Waals surface area contributed by atoms with E-state index in [0.29, 0.717) is 23.8 Å². The highest BCUT2D eigenvalue weighted by molar-refractivity contribution is 6.13. The molecule has 1 aliphatic heterocycles. The Labute approximate surface area is 166 Å². The second-order valence-electron chi connectivity index (χ2n) is 7.81. The first-order valence-electron chi connectivity index (χ1n) is 10.1. The molecule has 4 nitrogen and oxygen atoms in total. The normalized spacial score (nSPS) is 22.9. The maximum Gasteiger partial charge on any atom is 0.189 e. The van der Waals surface area contributed by atoms with E-state index in [2.05, 4.69) is 36.4 Å².